The third-order valence-corrected chi connectivity index (χ3v) is 6.46. The van der Waals surface area contributed by atoms with E-state index in [1.165, 1.54) is 0 Å². The number of unbranched alkanes of at least 4 members (excludes halogenated alkanes) is 3. The molecule has 0 amide bonds. The van der Waals surface area contributed by atoms with Crippen LogP contribution in [-0.4, -0.2) is 29.7 Å². The lowest BCUT2D eigenvalue weighted by molar-refractivity contribution is 0.0760. The molecule has 16 heavy (non-hydrogen) atoms. The average molecular weight is 256 g/mol. The Morgan fingerprint density at radius 2 is 1.56 bits per heavy atom. The van der Waals surface area contributed by atoms with Crippen LogP contribution in [0.15, 0.2) is 0 Å². The van der Waals surface area contributed by atoms with E-state index < -0.39 is 12.8 Å². The zero-order valence-corrected chi connectivity index (χ0v) is 11.1. The molecule has 1 N–H and O–H groups in total. The van der Waals surface area contributed by atoms with E-state index in [1.54, 1.807) is 13.8 Å². The van der Waals surface area contributed by atoms with Crippen molar-refractivity contribution in [2.45, 2.75) is 51.6 Å². The highest BCUT2D eigenvalue weighted by Gasteiger charge is 2.46. The smallest absolute Gasteiger partial charge is 0.298 e. The zero-order valence-electron chi connectivity index (χ0n) is 10.2. The molecule has 0 saturated carbocycles. The second-order valence-electron chi connectivity index (χ2n) is 4.08. The predicted octanol–water partition coefficient (Wildman–Crippen LogP) is 3.92. The lowest BCUT2D eigenvalue weighted by Crippen LogP contribution is -2.19. The van der Waals surface area contributed by atoms with Gasteiger partial charge in [-0.05, 0) is 12.8 Å². The van der Waals surface area contributed by atoms with Gasteiger partial charge in [-0.1, -0.05) is 26.7 Å². The van der Waals surface area contributed by atoms with Crippen LogP contribution in [-0.2, 0) is 4.57 Å². The zero-order chi connectivity index (χ0) is 12.7. The first-order valence-corrected chi connectivity index (χ1v) is 8.08. The molecule has 0 heterocycles. The lowest BCUT2D eigenvalue weighted by atomic mass is 10.1. The van der Waals surface area contributed by atoms with Gasteiger partial charge in [-0.3, -0.25) is 0 Å². The molecule has 0 aromatic carbocycles. The summed E-state index contributed by atoms with van der Waals surface area (Å²) in [6.45, 7) is 3.26. The standard InChI is InChI=1S/C11H23F2O2P/c1-3-16(15,4-2)11(12,13)9-7-5-6-8-10-14/h14H,3-10H2,1-2H3. The van der Waals surface area contributed by atoms with E-state index in [1.807, 2.05) is 0 Å². The van der Waals surface area contributed by atoms with E-state index >= 15 is 0 Å². The topological polar surface area (TPSA) is 37.3 Å². The number of aliphatic hydroxyl groups excluding tert-OH is 1. The Morgan fingerprint density at radius 3 is 2.00 bits per heavy atom. The second kappa shape index (κ2) is 7.39. The Bertz CT molecular complexity index is 224. The van der Waals surface area contributed by atoms with E-state index in [0.717, 1.165) is 6.42 Å². The van der Waals surface area contributed by atoms with Crippen LogP contribution in [0.4, 0.5) is 8.78 Å². The van der Waals surface area contributed by atoms with Gasteiger partial charge in [-0.25, -0.2) is 0 Å². The number of alkyl halides is 2. The molecule has 0 radical (unpaired) electrons. The molecule has 0 aliphatic rings. The predicted molar refractivity (Wildman–Crippen MR) is 63.8 cm³/mol. The molecule has 0 saturated heterocycles. The molecule has 0 bridgehead atoms. The summed E-state index contributed by atoms with van der Waals surface area (Å²) >= 11 is 0. The molecule has 0 aromatic heterocycles. The summed E-state index contributed by atoms with van der Waals surface area (Å²) in [5.41, 5.74) is -3.00. The molecule has 0 aromatic rings. The minimum Gasteiger partial charge on any atom is -0.396 e. The first-order valence-electron chi connectivity index (χ1n) is 6.00. The average Bonchev–Trinajstić information content (AvgIpc) is 2.27. The van der Waals surface area contributed by atoms with Crippen molar-refractivity contribution in [1.82, 2.24) is 0 Å². The summed E-state index contributed by atoms with van der Waals surface area (Å²) in [5.74, 6) is 0. The first-order chi connectivity index (χ1) is 7.43. The van der Waals surface area contributed by atoms with E-state index in [-0.39, 0.29) is 25.4 Å². The highest BCUT2D eigenvalue weighted by atomic mass is 31.2. The Balaban J connectivity index is 4.08. The highest BCUT2D eigenvalue weighted by Crippen LogP contribution is 2.61. The fourth-order valence-electron chi connectivity index (χ4n) is 1.69. The number of rotatable bonds is 9. The van der Waals surface area contributed by atoms with Gasteiger partial charge >= 0.3 is 0 Å². The molecule has 0 unspecified atom stereocenters. The summed E-state index contributed by atoms with van der Waals surface area (Å²) in [6.07, 6.45) is 2.35. The molecule has 2 nitrogen and oxygen atoms in total. The molecule has 0 atom stereocenters. The molecule has 0 spiro atoms. The molecule has 0 aliphatic carbocycles. The van der Waals surface area contributed by atoms with Gasteiger partial charge in [0.2, 0.25) is 0 Å². The van der Waals surface area contributed by atoms with E-state index in [0.29, 0.717) is 19.3 Å². The van der Waals surface area contributed by atoms with Crippen LogP contribution >= 0.6 is 7.14 Å². The summed E-state index contributed by atoms with van der Waals surface area (Å²) in [5, 5.41) is 8.54. The number of hydrogen-bond donors (Lipinski definition) is 1. The molecular weight excluding hydrogens is 233 g/mol. The third-order valence-electron chi connectivity index (χ3n) is 3.00. The van der Waals surface area contributed by atoms with Crippen molar-refractivity contribution in [2.24, 2.45) is 0 Å². The molecule has 0 rings (SSSR count). The normalized spacial score (nSPS) is 13.1. The minimum absolute atomic E-state index is 0.0765. The van der Waals surface area contributed by atoms with Gasteiger partial charge in [-0.15, -0.1) is 0 Å². The van der Waals surface area contributed by atoms with E-state index in [4.69, 9.17) is 5.11 Å². The van der Waals surface area contributed by atoms with E-state index in [9.17, 15) is 13.3 Å². The van der Waals surface area contributed by atoms with Gasteiger partial charge in [0.1, 0.15) is 0 Å². The maximum Gasteiger partial charge on any atom is 0.298 e. The monoisotopic (exact) mass is 256 g/mol. The van der Waals surface area contributed by atoms with Gasteiger partial charge in [-0.2, -0.15) is 8.78 Å². The fraction of sp³-hybridized carbons (Fsp3) is 1.00. The van der Waals surface area contributed by atoms with Crippen LogP contribution in [0, 0.1) is 0 Å². The van der Waals surface area contributed by atoms with Crippen LogP contribution in [0.5, 0.6) is 0 Å². The largest absolute Gasteiger partial charge is 0.396 e. The summed E-state index contributed by atoms with van der Waals surface area (Å²) in [7, 11) is -3.32. The summed E-state index contributed by atoms with van der Waals surface area (Å²) in [6, 6.07) is 0. The molecule has 98 valence electrons. The quantitative estimate of drug-likeness (QED) is 0.501. The van der Waals surface area contributed by atoms with Gasteiger partial charge in [0.05, 0.1) is 0 Å². The number of aliphatic hydroxyl groups is 1. The Morgan fingerprint density at radius 1 is 1.06 bits per heavy atom. The summed E-state index contributed by atoms with van der Waals surface area (Å²) in [4.78, 5) is 0. The van der Waals surface area contributed by atoms with Crippen molar-refractivity contribution in [1.29, 1.82) is 0 Å². The van der Waals surface area contributed by atoms with Crippen molar-refractivity contribution < 1.29 is 18.5 Å². The van der Waals surface area contributed by atoms with Crippen molar-refractivity contribution in [3.05, 3.63) is 0 Å². The molecule has 0 fully saturated rings. The van der Waals surface area contributed by atoms with Crippen LogP contribution in [0.2, 0.25) is 0 Å². The van der Waals surface area contributed by atoms with Crippen LogP contribution in [0.1, 0.15) is 46.0 Å². The van der Waals surface area contributed by atoms with Gasteiger partial charge in [0, 0.05) is 25.4 Å². The molecule has 5 heteroatoms. The van der Waals surface area contributed by atoms with Crippen molar-refractivity contribution in [3.8, 4) is 0 Å². The number of halogens is 2. The summed E-state index contributed by atoms with van der Waals surface area (Å²) < 4.78 is 39.2. The van der Waals surface area contributed by atoms with Gasteiger partial charge in [0.15, 0.2) is 7.14 Å². The van der Waals surface area contributed by atoms with Crippen molar-refractivity contribution in [3.63, 3.8) is 0 Å². The molecule has 0 aliphatic heterocycles. The maximum absolute atomic E-state index is 13.7. The van der Waals surface area contributed by atoms with Crippen LogP contribution in [0.25, 0.3) is 0 Å². The first kappa shape index (κ1) is 16.1. The van der Waals surface area contributed by atoms with Gasteiger partial charge in [0.25, 0.3) is 5.66 Å². The van der Waals surface area contributed by atoms with Crippen molar-refractivity contribution in [2.75, 3.05) is 18.9 Å². The SMILES string of the molecule is CCP(=O)(CC)C(F)(F)CCCCCCO. The third kappa shape index (κ3) is 4.50. The van der Waals surface area contributed by atoms with Crippen LogP contribution < -0.4 is 0 Å². The highest BCUT2D eigenvalue weighted by molar-refractivity contribution is 7.65. The molecular formula is C11H23F2O2P. The maximum atomic E-state index is 13.7. The second-order valence-corrected chi connectivity index (χ2v) is 7.77. The van der Waals surface area contributed by atoms with Gasteiger partial charge < -0.3 is 9.67 Å². The lowest BCUT2D eigenvalue weighted by Gasteiger charge is -2.25. The Hall–Kier alpha value is 0.0500. The Labute approximate surface area is 96.8 Å². The van der Waals surface area contributed by atoms with E-state index in [2.05, 4.69) is 0 Å². The Kier molecular flexibility index (Phi) is 7.41. The minimum atomic E-state index is -3.32. The number of hydrogen-bond acceptors (Lipinski definition) is 2. The van der Waals surface area contributed by atoms with Crippen molar-refractivity contribution >= 4 is 7.14 Å². The van der Waals surface area contributed by atoms with Crippen LogP contribution in [0.3, 0.4) is 0 Å². The fourth-order valence-corrected chi connectivity index (χ4v) is 3.63.